The molecular weight excluding hydrogens is 210 g/mol. The zero-order valence-corrected chi connectivity index (χ0v) is 9.71. The summed E-state index contributed by atoms with van der Waals surface area (Å²) in [5, 5.41) is -0.154. The van der Waals surface area contributed by atoms with E-state index in [4.69, 9.17) is 4.84 Å². The van der Waals surface area contributed by atoms with Crippen LogP contribution in [0.3, 0.4) is 0 Å². The lowest BCUT2D eigenvalue weighted by molar-refractivity contribution is -0.132. The first kappa shape index (κ1) is 12.1. The number of hydrogen-bond acceptors (Lipinski definition) is 3. The molecule has 1 amide bonds. The van der Waals surface area contributed by atoms with E-state index in [2.05, 4.69) is 5.48 Å². The fraction of sp³-hybridized carbons (Fsp3) is 0.364. The number of hydrogen-bond donors (Lipinski definition) is 1. The average molecular weight is 225 g/mol. The second-order valence-corrected chi connectivity index (χ2v) is 4.39. The van der Waals surface area contributed by atoms with Gasteiger partial charge in [0.2, 0.25) is 0 Å². The molecule has 1 aromatic rings. The lowest BCUT2D eigenvalue weighted by Gasteiger charge is -2.10. The van der Waals surface area contributed by atoms with Gasteiger partial charge < -0.3 is 0 Å². The summed E-state index contributed by atoms with van der Waals surface area (Å²) in [6, 6.07) is 9.82. The van der Waals surface area contributed by atoms with Crippen LogP contribution in [0.1, 0.15) is 13.8 Å². The van der Waals surface area contributed by atoms with Gasteiger partial charge in [0.05, 0.1) is 11.9 Å². The minimum absolute atomic E-state index is 0.106. The van der Waals surface area contributed by atoms with Crippen molar-refractivity contribution >= 4 is 17.7 Å². The minimum Gasteiger partial charge on any atom is -0.274 e. The molecule has 1 N–H and O–H groups in total. The van der Waals surface area contributed by atoms with E-state index in [9.17, 15) is 4.79 Å². The molecule has 0 saturated heterocycles. The molecule has 0 heterocycles. The highest BCUT2D eigenvalue weighted by Crippen LogP contribution is 2.22. The van der Waals surface area contributed by atoms with E-state index in [0.717, 1.165) is 4.90 Å². The van der Waals surface area contributed by atoms with Crippen LogP contribution in [0.15, 0.2) is 35.2 Å². The molecule has 0 bridgehead atoms. The molecule has 0 aliphatic heterocycles. The van der Waals surface area contributed by atoms with Gasteiger partial charge in [-0.1, -0.05) is 18.2 Å². The van der Waals surface area contributed by atoms with Crippen molar-refractivity contribution in [3.05, 3.63) is 30.3 Å². The maximum Gasteiger partial charge on any atom is 0.256 e. The van der Waals surface area contributed by atoms with E-state index < -0.39 is 0 Å². The van der Waals surface area contributed by atoms with Crippen molar-refractivity contribution < 1.29 is 9.63 Å². The third-order valence-electron chi connectivity index (χ3n) is 1.74. The van der Waals surface area contributed by atoms with Crippen LogP contribution in [-0.2, 0) is 9.63 Å². The van der Waals surface area contributed by atoms with Crippen LogP contribution in [0.5, 0.6) is 0 Å². The fourth-order valence-electron chi connectivity index (χ4n) is 0.983. The number of benzene rings is 1. The molecule has 1 aromatic carbocycles. The summed E-state index contributed by atoms with van der Waals surface area (Å²) in [5.74, 6) is -0.106. The fourth-order valence-corrected chi connectivity index (χ4v) is 1.86. The third kappa shape index (κ3) is 4.36. The van der Waals surface area contributed by atoms with Crippen LogP contribution in [0.2, 0.25) is 0 Å². The summed E-state index contributed by atoms with van der Waals surface area (Å²) < 4.78 is 0. The predicted molar refractivity (Wildman–Crippen MR) is 61.5 cm³/mol. The Hall–Kier alpha value is -1.00. The van der Waals surface area contributed by atoms with Crippen molar-refractivity contribution in [2.75, 3.05) is 6.61 Å². The van der Waals surface area contributed by atoms with E-state index in [1.165, 1.54) is 11.8 Å². The van der Waals surface area contributed by atoms with Gasteiger partial charge in [0.1, 0.15) is 0 Å². The molecule has 0 unspecified atom stereocenters. The Kier molecular flexibility index (Phi) is 5.21. The Morgan fingerprint density at radius 3 is 2.73 bits per heavy atom. The predicted octanol–water partition coefficient (Wildman–Crippen LogP) is 2.23. The summed E-state index contributed by atoms with van der Waals surface area (Å²) in [5.41, 5.74) is 2.39. The summed E-state index contributed by atoms with van der Waals surface area (Å²) in [6.45, 7) is 4.16. The summed E-state index contributed by atoms with van der Waals surface area (Å²) >= 11 is 1.51. The van der Waals surface area contributed by atoms with Gasteiger partial charge >= 0.3 is 0 Å². The second-order valence-electron chi connectivity index (χ2n) is 2.97. The summed E-state index contributed by atoms with van der Waals surface area (Å²) in [7, 11) is 0. The molecule has 0 saturated carbocycles. The van der Waals surface area contributed by atoms with E-state index in [1.54, 1.807) is 0 Å². The lowest BCUT2D eigenvalue weighted by atomic mass is 10.4. The number of rotatable bonds is 5. The molecule has 82 valence electrons. The van der Waals surface area contributed by atoms with Crippen molar-refractivity contribution in [2.24, 2.45) is 0 Å². The molecule has 15 heavy (non-hydrogen) atoms. The molecule has 0 aliphatic carbocycles. The highest BCUT2D eigenvalue weighted by molar-refractivity contribution is 8.00. The smallest absolute Gasteiger partial charge is 0.256 e. The number of nitrogens with one attached hydrogen (secondary N) is 1. The summed E-state index contributed by atoms with van der Waals surface area (Å²) in [6.07, 6.45) is 0. The quantitative estimate of drug-likeness (QED) is 0.617. The highest BCUT2D eigenvalue weighted by atomic mass is 32.2. The number of hydroxylamine groups is 1. The Balaban J connectivity index is 2.41. The largest absolute Gasteiger partial charge is 0.274 e. The Labute approximate surface area is 94.2 Å². The third-order valence-corrected chi connectivity index (χ3v) is 2.85. The van der Waals surface area contributed by atoms with Gasteiger partial charge in [0.25, 0.3) is 5.91 Å². The van der Waals surface area contributed by atoms with Crippen molar-refractivity contribution in [3.8, 4) is 0 Å². The Morgan fingerprint density at radius 1 is 1.47 bits per heavy atom. The van der Waals surface area contributed by atoms with Crippen LogP contribution < -0.4 is 5.48 Å². The Morgan fingerprint density at radius 2 is 2.13 bits per heavy atom. The van der Waals surface area contributed by atoms with Gasteiger partial charge in [-0.3, -0.25) is 9.63 Å². The monoisotopic (exact) mass is 225 g/mol. The van der Waals surface area contributed by atoms with Gasteiger partial charge in [-0.15, -0.1) is 11.8 Å². The average Bonchev–Trinajstić information content (AvgIpc) is 2.27. The molecule has 0 spiro atoms. The zero-order chi connectivity index (χ0) is 11.1. The minimum atomic E-state index is -0.154. The van der Waals surface area contributed by atoms with E-state index >= 15 is 0 Å². The van der Waals surface area contributed by atoms with Crippen molar-refractivity contribution in [2.45, 2.75) is 24.0 Å². The van der Waals surface area contributed by atoms with Gasteiger partial charge in [-0.25, -0.2) is 5.48 Å². The van der Waals surface area contributed by atoms with E-state index in [0.29, 0.717) is 6.61 Å². The Bertz CT molecular complexity index is 303. The van der Waals surface area contributed by atoms with Crippen LogP contribution in [0.25, 0.3) is 0 Å². The molecule has 0 aliphatic rings. The number of thioether (sulfide) groups is 1. The zero-order valence-electron chi connectivity index (χ0n) is 8.90. The number of carbonyl (C=O) groups excluding carboxylic acids is 1. The van der Waals surface area contributed by atoms with Crippen molar-refractivity contribution in [1.29, 1.82) is 0 Å². The topological polar surface area (TPSA) is 38.3 Å². The maximum atomic E-state index is 11.4. The number of carbonyl (C=O) groups is 1. The van der Waals surface area contributed by atoms with Gasteiger partial charge in [0.15, 0.2) is 0 Å². The van der Waals surface area contributed by atoms with E-state index in [1.807, 2.05) is 44.2 Å². The second kappa shape index (κ2) is 6.48. The molecule has 4 heteroatoms. The summed E-state index contributed by atoms with van der Waals surface area (Å²) in [4.78, 5) is 17.4. The van der Waals surface area contributed by atoms with E-state index in [-0.39, 0.29) is 11.2 Å². The normalized spacial score (nSPS) is 12.1. The first-order valence-electron chi connectivity index (χ1n) is 4.87. The van der Waals surface area contributed by atoms with Crippen molar-refractivity contribution in [1.82, 2.24) is 5.48 Å². The standard InChI is InChI=1S/C11H15NO2S/c1-3-14-12-11(13)9(2)15-10-7-5-4-6-8-10/h4-9H,3H2,1-2H3,(H,12,13)/t9-/m0/s1. The van der Waals surface area contributed by atoms with Gasteiger partial charge in [0, 0.05) is 4.90 Å². The molecule has 3 nitrogen and oxygen atoms in total. The first-order valence-corrected chi connectivity index (χ1v) is 5.75. The van der Waals surface area contributed by atoms with Crippen molar-refractivity contribution in [3.63, 3.8) is 0 Å². The maximum absolute atomic E-state index is 11.4. The number of amides is 1. The van der Waals surface area contributed by atoms with Crippen LogP contribution >= 0.6 is 11.8 Å². The van der Waals surface area contributed by atoms with Crippen LogP contribution in [-0.4, -0.2) is 17.8 Å². The van der Waals surface area contributed by atoms with Crippen LogP contribution in [0, 0.1) is 0 Å². The highest BCUT2D eigenvalue weighted by Gasteiger charge is 2.13. The van der Waals surface area contributed by atoms with Crippen LogP contribution in [0.4, 0.5) is 0 Å². The molecule has 1 rings (SSSR count). The first-order chi connectivity index (χ1) is 7.24. The molecule has 0 aromatic heterocycles. The van der Waals surface area contributed by atoms with Gasteiger partial charge in [-0.2, -0.15) is 0 Å². The SMILES string of the molecule is CCONC(=O)[C@H](C)Sc1ccccc1. The lowest BCUT2D eigenvalue weighted by Crippen LogP contribution is -2.30. The molecule has 0 fully saturated rings. The molecule has 0 radical (unpaired) electrons. The molecular formula is C11H15NO2S. The van der Waals surface area contributed by atoms with Gasteiger partial charge in [-0.05, 0) is 26.0 Å². The molecule has 1 atom stereocenters.